The summed E-state index contributed by atoms with van der Waals surface area (Å²) in [5, 5.41) is 1.14. The number of nitrogens with two attached hydrogens (primary N) is 1. The van der Waals surface area contributed by atoms with Crippen LogP contribution in [0.25, 0.3) is 10.9 Å². The molecule has 0 amide bonds. The number of fused-ring (bicyclic) bond motifs is 1. The molecule has 1 aromatic heterocycles. The molecule has 3 N–H and O–H groups in total. The molecule has 0 spiro atoms. The van der Waals surface area contributed by atoms with Crippen LogP contribution < -0.4 is 10.5 Å². The Morgan fingerprint density at radius 3 is 2.67 bits per heavy atom. The lowest BCUT2D eigenvalue weighted by Gasteiger charge is -2.10. The summed E-state index contributed by atoms with van der Waals surface area (Å²) >= 11 is 0. The molecule has 3 heteroatoms. The Labute approximate surface area is 124 Å². The van der Waals surface area contributed by atoms with Gasteiger partial charge in [0, 0.05) is 23.1 Å². The van der Waals surface area contributed by atoms with Gasteiger partial charge in [0.25, 0.3) is 0 Å². The number of hydrogen-bond acceptors (Lipinski definition) is 2. The fourth-order valence-corrected chi connectivity index (χ4v) is 2.58. The van der Waals surface area contributed by atoms with Crippen LogP contribution in [-0.2, 0) is 13.0 Å². The van der Waals surface area contributed by atoms with E-state index in [0.29, 0.717) is 6.61 Å². The Morgan fingerprint density at radius 2 is 1.90 bits per heavy atom. The van der Waals surface area contributed by atoms with Gasteiger partial charge in [-0.05, 0) is 36.6 Å². The minimum atomic E-state index is 0.131. The summed E-state index contributed by atoms with van der Waals surface area (Å²) in [4.78, 5) is 3.30. The Morgan fingerprint density at radius 1 is 1.10 bits per heavy atom. The molecular weight excluding hydrogens is 260 g/mol. The van der Waals surface area contributed by atoms with E-state index in [9.17, 15) is 0 Å². The van der Waals surface area contributed by atoms with Gasteiger partial charge in [0.1, 0.15) is 12.4 Å². The smallest absolute Gasteiger partial charge is 0.129 e. The SMILES string of the molecule is CC(N)Cc1c[nH]c2cccc(OCc3ccccc3)c12. The maximum Gasteiger partial charge on any atom is 0.129 e. The first-order chi connectivity index (χ1) is 10.2. The van der Waals surface area contributed by atoms with Crippen LogP contribution in [0.3, 0.4) is 0 Å². The molecule has 2 aromatic carbocycles. The third-order valence-corrected chi connectivity index (χ3v) is 3.53. The van der Waals surface area contributed by atoms with Crippen molar-refractivity contribution >= 4 is 10.9 Å². The van der Waals surface area contributed by atoms with Gasteiger partial charge in [0.15, 0.2) is 0 Å². The zero-order valence-corrected chi connectivity index (χ0v) is 12.2. The summed E-state index contributed by atoms with van der Waals surface area (Å²) in [6.07, 6.45) is 2.87. The molecule has 0 aliphatic rings. The molecule has 0 saturated heterocycles. The summed E-state index contributed by atoms with van der Waals surface area (Å²) in [5.74, 6) is 0.910. The van der Waals surface area contributed by atoms with E-state index in [2.05, 4.69) is 23.2 Å². The van der Waals surface area contributed by atoms with Crippen molar-refractivity contribution in [2.45, 2.75) is 26.0 Å². The number of aromatic nitrogens is 1. The van der Waals surface area contributed by atoms with Crippen molar-refractivity contribution in [3.05, 3.63) is 65.9 Å². The van der Waals surface area contributed by atoms with Crippen molar-refractivity contribution in [1.82, 2.24) is 4.98 Å². The molecular formula is C18H20N2O. The normalized spacial score (nSPS) is 12.5. The number of benzene rings is 2. The first-order valence-electron chi connectivity index (χ1n) is 7.25. The van der Waals surface area contributed by atoms with Crippen LogP contribution >= 0.6 is 0 Å². The molecule has 3 rings (SSSR count). The first kappa shape index (κ1) is 13.7. The van der Waals surface area contributed by atoms with Gasteiger partial charge in [-0.1, -0.05) is 36.4 Å². The molecule has 0 radical (unpaired) electrons. The van der Waals surface area contributed by atoms with E-state index in [1.165, 1.54) is 11.1 Å². The van der Waals surface area contributed by atoms with Gasteiger partial charge in [-0.2, -0.15) is 0 Å². The number of H-pyrrole nitrogens is 1. The van der Waals surface area contributed by atoms with Crippen molar-refractivity contribution in [2.24, 2.45) is 5.73 Å². The Kier molecular flexibility index (Phi) is 3.93. The number of rotatable bonds is 5. The topological polar surface area (TPSA) is 51.0 Å². The average Bonchev–Trinajstić information content (AvgIpc) is 2.89. The second kappa shape index (κ2) is 6.02. The maximum absolute atomic E-state index is 6.03. The number of hydrogen-bond donors (Lipinski definition) is 2. The van der Waals surface area contributed by atoms with E-state index in [0.717, 1.165) is 23.1 Å². The van der Waals surface area contributed by atoms with Gasteiger partial charge in [-0.3, -0.25) is 0 Å². The van der Waals surface area contributed by atoms with Crippen molar-refractivity contribution in [3.8, 4) is 5.75 Å². The van der Waals surface area contributed by atoms with Crippen LogP contribution in [0.2, 0.25) is 0 Å². The lowest BCUT2D eigenvalue weighted by molar-refractivity contribution is 0.310. The minimum Gasteiger partial charge on any atom is -0.488 e. The van der Waals surface area contributed by atoms with Gasteiger partial charge in [-0.15, -0.1) is 0 Å². The Hall–Kier alpha value is -2.26. The summed E-state index contributed by atoms with van der Waals surface area (Å²) in [5.41, 5.74) is 9.41. The van der Waals surface area contributed by atoms with Crippen LogP contribution in [0, 0.1) is 0 Å². The molecule has 108 valence electrons. The maximum atomic E-state index is 6.03. The zero-order valence-electron chi connectivity index (χ0n) is 12.2. The van der Waals surface area contributed by atoms with Gasteiger partial charge >= 0.3 is 0 Å². The van der Waals surface area contributed by atoms with E-state index >= 15 is 0 Å². The number of aromatic amines is 1. The minimum absolute atomic E-state index is 0.131. The zero-order chi connectivity index (χ0) is 14.7. The summed E-state index contributed by atoms with van der Waals surface area (Å²) < 4.78 is 6.03. The van der Waals surface area contributed by atoms with Gasteiger partial charge < -0.3 is 15.5 Å². The van der Waals surface area contributed by atoms with Crippen LogP contribution in [-0.4, -0.2) is 11.0 Å². The quantitative estimate of drug-likeness (QED) is 0.749. The molecule has 0 fully saturated rings. The predicted molar refractivity (Wildman–Crippen MR) is 86.4 cm³/mol. The van der Waals surface area contributed by atoms with E-state index < -0.39 is 0 Å². The monoisotopic (exact) mass is 280 g/mol. The highest BCUT2D eigenvalue weighted by Crippen LogP contribution is 2.30. The lowest BCUT2D eigenvalue weighted by atomic mass is 10.1. The van der Waals surface area contributed by atoms with Crippen LogP contribution in [0.5, 0.6) is 5.75 Å². The van der Waals surface area contributed by atoms with Crippen LogP contribution in [0.4, 0.5) is 0 Å². The lowest BCUT2D eigenvalue weighted by Crippen LogP contribution is -2.17. The molecule has 0 aliphatic carbocycles. The summed E-state index contributed by atoms with van der Waals surface area (Å²) in [6, 6.07) is 16.4. The molecule has 0 saturated carbocycles. The number of nitrogens with one attached hydrogen (secondary N) is 1. The van der Waals surface area contributed by atoms with E-state index in [4.69, 9.17) is 10.5 Å². The predicted octanol–water partition coefficient (Wildman–Crippen LogP) is 3.64. The second-order valence-corrected chi connectivity index (χ2v) is 5.45. The molecule has 1 heterocycles. The molecule has 1 atom stereocenters. The van der Waals surface area contributed by atoms with E-state index in [-0.39, 0.29) is 6.04 Å². The van der Waals surface area contributed by atoms with Crippen molar-refractivity contribution in [2.75, 3.05) is 0 Å². The van der Waals surface area contributed by atoms with E-state index in [1.807, 2.05) is 43.5 Å². The third-order valence-electron chi connectivity index (χ3n) is 3.53. The fraction of sp³-hybridized carbons (Fsp3) is 0.222. The number of ether oxygens (including phenoxy) is 1. The summed E-state index contributed by atoms with van der Waals surface area (Å²) in [7, 11) is 0. The van der Waals surface area contributed by atoms with Crippen molar-refractivity contribution < 1.29 is 4.74 Å². The highest BCUT2D eigenvalue weighted by atomic mass is 16.5. The first-order valence-corrected chi connectivity index (χ1v) is 7.25. The third kappa shape index (κ3) is 3.09. The molecule has 0 aliphatic heterocycles. The molecule has 3 nitrogen and oxygen atoms in total. The second-order valence-electron chi connectivity index (χ2n) is 5.45. The van der Waals surface area contributed by atoms with Crippen molar-refractivity contribution in [3.63, 3.8) is 0 Å². The molecule has 0 bridgehead atoms. The molecule has 21 heavy (non-hydrogen) atoms. The Balaban J connectivity index is 1.89. The highest BCUT2D eigenvalue weighted by molar-refractivity contribution is 5.89. The molecule has 1 unspecified atom stereocenters. The van der Waals surface area contributed by atoms with Crippen molar-refractivity contribution in [1.29, 1.82) is 0 Å². The standard InChI is InChI=1S/C18H20N2O/c1-13(19)10-15-11-20-16-8-5-9-17(18(15)16)21-12-14-6-3-2-4-7-14/h2-9,11,13,20H,10,12,19H2,1H3. The fourth-order valence-electron chi connectivity index (χ4n) is 2.58. The van der Waals surface area contributed by atoms with Gasteiger partial charge in [-0.25, -0.2) is 0 Å². The van der Waals surface area contributed by atoms with Crippen LogP contribution in [0.1, 0.15) is 18.1 Å². The summed E-state index contributed by atoms with van der Waals surface area (Å²) in [6.45, 7) is 2.59. The highest BCUT2D eigenvalue weighted by Gasteiger charge is 2.11. The molecule has 3 aromatic rings. The van der Waals surface area contributed by atoms with E-state index in [1.54, 1.807) is 0 Å². The van der Waals surface area contributed by atoms with Gasteiger partial charge in [0.2, 0.25) is 0 Å². The average molecular weight is 280 g/mol. The van der Waals surface area contributed by atoms with Crippen LogP contribution in [0.15, 0.2) is 54.7 Å². The van der Waals surface area contributed by atoms with Gasteiger partial charge in [0.05, 0.1) is 0 Å². The largest absolute Gasteiger partial charge is 0.488 e. The Bertz CT molecular complexity index is 716.